The number of hydrogen-bond acceptors (Lipinski definition) is 1. The van der Waals surface area contributed by atoms with Gasteiger partial charge in [-0.2, -0.15) is 79.0 Å². The lowest BCUT2D eigenvalue weighted by Crippen LogP contribution is -2.74. The SMILES string of the molecule is CC(=O)O.CCCCCCCCF.FC(F)(F)C(F)(F)C(F)(F)C(F)(F)C(F)(F)C(F)(F)C(F)(F)C(F)(F)F. The van der Waals surface area contributed by atoms with Crippen LogP contribution in [0.15, 0.2) is 0 Å². The van der Waals surface area contributed by atoms with Gasteiger partial charge in [0.05, 0.1) is 6.67 Å². The van der Waals surface area contributed by atoms with Gasteiger partial charge in [-0.05, 0) is 6.42 Å². The molecule has 2 nitrogen and oxygen atoms in total. The second-order valence-electron chi connectivity index (χ2n) is 7.42. The Kier molecular flexibility index (Phi) is 15.1. The Bertz CT molecular complexity index is 667. The molecule has 0 unspecified atom stereocenters. The Morgan fingerprint density at radius 3 is 0.897 bits per heavy atom. The fourth-order valence-electron chi connectivity index (χ4n) is 2.02. The predicted octanol–water partition coefficient (Wildman–Crippen LogP) is 9.33. The molecular formula is C18H21F19O2. The van der Waals surface area contributed by atoms with E-state index in [0.717, 1.165) is 19.8 Å². The summed E-state index contributed by atoms with van der Waals surface area (Å²) in [6.07, 6.45) is -8.67. The van der Waals surface area contributed by atoms with Gasteiger partial charge in [0.15, 0.2) is 0 Å². The van der Waals surface area contributed by atoms with Crippen LogP contribution in [0, 0.1) is 0 Å². The minimum absolute atomic E-state index is 0.133. The summed E-state index contributed by atoms with van der Waals surface area (Å²) >= 11 is 0. The van der Waals surface area contributed by atoms with Gasteiger partial charge in [-0.1, -0.05) is 39.0 Å². The number of unbranched alkanes of at least 4 members (excludes halogenated alkanes) is 5. The topological polar surface area (TPSA) is 37.3 Å². The van der Waals surface area contributed by atoms with Crippen LogP contribution >= 0.6 is 0 Å². The largest absolute Gasteiger partial charge is 0.481 e. The number of hydrogen-bond donors (Lipinski definition) is 1. The third-order valence-corrected chi connectivity index (χ3v) is 4.17. The van der Waals surface area contributed by atoms with Crippen LogP contribution in [-0.2, 0) is 4.79 Å². The highest BCUT2D eigenvalue weighted by Crippen LogP contribution is 2.63. The van der Waals surface area contributed by atoms with Crippen molar-refractivity contribution >= 4 is 5.97 Å². The van der Waals surface area contributed by atoms with Crippen LogP contribution in [-0.4, -0.2) is 65.6 Å². The van der Waals surface area contributed by atoms with Crippen molar-refractivity contribution in [3.05, 3.63) is 0 Å². The highest BCUT2D eigenvalue weighted by Gasteiger charge is 2.95. The van der Waals surface area contributed by atoms with Crippen LogP contribution in [0.25, 0.3) is 0 Å². The smallest absolute Gasteiger partial charge is 0.460 e. The van der Waals surface area contributed by atoms with Crippen molar-refractivity contribution in [2.45, 2.75) is 100 Å². The molecule has 21 heteroatoms. The summed E-state index contributed by atoms with van der Waals surface area (Å²) < 4.78 is 232. The second kappa shape index (κ2) is 14.2. The maximum atomic E-state index is 12.8. The summed E-state index contributed by atoms with van der Waals surface area (Å²) in [6.45, 7) is 3.14. The van der Waals surface area contributed by atoms with Gasteiger partial charge in [-0.15, -0.1) is 0 Å². The molecule has 39 heavy (non-hydrogen) atoms. The molecule has 0 aromatic carbocycles. The van der Waals surface area contributed by atoms with Crippen LogP contribution < -0.4 is 0 Å². The number of carboxylic acid groups (broad SMARTS) is 1. The molecule has 0 heterocycles. The molecule has 0 aromatic rings. The van der Waals surface area contributed by atoms with Gasteiger partial charge in [0.1, 0.15) is 0 Å². The first-order chi connectivity index (χ1) is 16.9. The first-order valence-corrected chi connectivity index (χ1v) is 10.1. The van der Waals surface area contributed by atoms with Gasteiger partial charge < -0.3 is 5.11 Å². The molecule has 238 valence electrons. The summed E-state index contributed by atoms with van der Waals surface area (Å²) in [6, 6.07) is 0. The van der Waals surface area contributed by atoms with Gasteiger partial charge in [0, 0.05) is 6.92 Å². The Hall–Kier alpha value is -1.86. The van der Waals surface area contributed by atoms with Crippen LogP contribution in [0.1, 0.15) is 52.4 Å². The fraction of sp³-hybridized carbons (Fsp3) is 0.944. The molecule has 0 aliphatic rings. The number of aliphatic carboxylic acids is 1. The van der Waals surface area contributed by atoms with Gasteiger partial charge in [-0.3, -0.25) is 9.18 Å². The molecule has 0 saturated carbocycles. The van der Waals surface area contributed by atoms with Crippen molar-refractivity contribution in [1.29, 1.82) is 0 Å². The van der Waals surface area contributed by atoms with Gasteiger partial charge in [0.2, 0.25) is 0 Å². The monoisotopic (exact) mass is 630 g/mol. The predicted molar refractivity (Wildman–Crippen MR) is 94.5 cm³/mol. The number of halogens is 19. The number of carbonyl (C=O) groups is 1. The molecule has 0 saturated heterocycles. The summed E-state index contributed by atoms with van der Waals surface area (Å²) in [5, 5.41) is 7.42. The average Bonchev–Trinajstić information content (AvgIpc) is 2.71. The Balaban J connectivity index is -0.000000819. The summed E-state index contributed by atoms with van der Waals surface area (Å²) in [7, 11) is 0. The van der Waals surface area contributed by atoms with Crippen molar-refractivity contribution in [2.75, 3.05) is 6.67 Å². The van der Waals surface area contributed by atoms with Crippen LogP contribution in [0.2, 0.25) is 0 Å². The van der Waals surface area contributed by atoms with Crippen molar-refractivity contribution in [2.24, 2.45) is 0 Å². The molecule has 0 atom stereocenters. The van der Waals surface area contributed by atoms with E-state index in [9.17, 15) is 83.4 Å². The fourth-order valence-corrected chi connectivity index (χ4v) is 2.02. The van der Waals surface area contributed by atoms with Gasteiger partial charge >= 0.3 is 47.9 Å². The lowest BCUT2D eigenvalue weighted by molar-refractivity contribution is -0.468. The number of rotatable bonds is 11. The molecule has 0 spiro atoms. The summed E-state index contributed by atoms with van der Waals surface area (Å²) in [4.78, 5) is 9.00. The quantitative estimate of drug-likeness (QED) is 0.183. The van der Waals surface area contributed by atoms with Crippen molar-refractivity contribution in [3.63, 3.8) is 0 Å². The summed E-state index contributed by atoms with van der Waals surface area (Å²) in [5.41, 5.74) is 0. The third kappa shape index (κ3) is 9.34. The lowest BCUT2D eigenvalue weighted by atomic mass is 9.91. The summed E-state index contributed by atoms with van der Waals surface area (Å²) in [5.74, 6) is -51.9. The Morgan fingerprint density at radius 2 is 0.692 bits per heavy atom. The van der Waals surface area contributed by atoms with Crippen molar-refractivity contribution < 1.29 is 93.3 Å². The molecule has 0 rings (SSSR count). The van der Waals surface area contributed by atoms with Crippen LogP contribution in [0.4, 0.5) is 83.4 Å². The van der Waals surface area contributed by atoms with E-state index in [0.29, 0.717) is 0 Å². The molecule has 0 radical (unpaired) electrons. The normalized spacial score (nSPS) is 14.2. The van der Waals surface area contributed by atoms with Crippen LogP contribution in [0.5, 0.6) is 0 Å². The van der Waals surface area contributed by atoms with Gasteiger partial charge in [-0.25, -0.2) is 0 Å². The molecule has 0 fully saturated rings. The lowest BCUT2D eigenvalue weighted by Gasteiger charge is -2.41. The van der Waals surface area contributed by atoms with Crippen molar-refractivity contribution in [1.82, 2.24) is 0 Å². The zero-order valence-electron chi connectivity index (χ0n) is 19.5. The molecule has 0 aliphatic carbocycles. The van der Waals surface area contributed by atoms with E-state index in [4.69, 9.17) is 9.90 Å². The van der Waals surface area contributed by atoms with E-state index in [2.05, 4.69) is 6.92 Å². The first kappa shape index (κ1) is 41.6. The number of alkyl halides is 19. The molecule has 0 aromatic heterocycles. The zero-order chi connectivity index (χ0) is 32.5. The van der Waals surface area contributed by atoms with E-state index in [1.807, 2.05) is 0 Å². The second-order valence-corrected chi connectivity index (χ2v) is 7.42. The third-order valence-electron chi connectivity index (χ3n) is 4.17. The maximum Gasteiger partial charge on any atom is 0.460 e. The number of carboxylic acids is 1. The minimum Gasteiger partial charge on any atom is -0.481 e. The average molecular weight is 630 g/mol. The van der Waals surface area contributed by atoms with E-state index >= 15 is 0 Å². The Morgan fingerprint density at radius 1 is 0.487 bits per heavy atom. The highest BCUT2D eigenvalue weighted by atomic mass is 19.4. The van der Waals surface area contributed by atoms with Crippen LogP contribution in [0.3, 0.4) is 0 Å². The molecule has 1 N–H and O–H groups in total. The standard InChI is InChI=1S/C8F18.C8H17F.C2H4O2/c9-1(10,3(13,14)5(17,18)7(21,22)23)2(11,12)4(15,16)6(19,20)8(24,25)26;1-2-3-4-5-6-7-8-9;1-2(3)4/h;2-8H2,1H3;1H3,(H,3,4). The molecule has 0 aliphatic heterocycles. The maximum absolute atomic E-state index is 12.8. The minimum atomic E-state index is -8.72. The Labute approximate surface area is 207 Å². The zero-order valence-corrected chi connectivity index (χ0v) is 19.5. The van der Waals surface area contributed by atoms with Crippen molar-refractivity contribution in [3.8, 4) is 0 Å². The van der Waals surface area contributed by atoms with Gasteiger partial charge in [0.25, 0.3) is 5.97 Å². The van der Waals surface area contributed by atoms with E-state index in [1.165, 1.54) is 25.7 Å². The molecular weight excluding hydrogens is 609 g/mol. The highest BCUT2D eigenvalue weighted by molar-refractivity contribution is 5.62. The molecule has 0 bridgehead atoms. The van der Waals surface area contributed by atoms with E-state index < -0.39 is 53.9 Å². The van der Waals surface area contributed by atoms with E-state index in [1.54, 1.807) is 0 Å². The van der Waals surface area contributed by atoms with E-state index in [-0.39, 0.29) is 6.67 Å². The molecule has 0 amide bonds. The first-order valence-electron chi connectivity index (χ1n) is 10.1.